The molecule has 0 bridgehead atoms. The minimum absolute atomic E-state index is 0.125. The van der Waals surface area contributed by atoms with E-state index in [0.29, 0.717) is 11.3 Å². The van der Waals surface area contributed by atoms with E-state index in [1.807, 2.05) is 12.1 Å². The van der Waals surface area contributed by atoms with Crippen LogP contribution in [-0.4, -0.2) is 44.3 Å². The molecule has 0 spiro atoms. The van der Waals surface area contributed by atoms with Crippen LogP contribution in [0.15, 0.2) is 47.1 Å². The molecule has 0 aliphatic carbocycles. The van der Waals surface area contributed by atoms with Crippen LogP contribution in [0.4, 0.5) is 0 Å². The van der Waals surface area contributed by atoms with E-state index in [1.54, 1.807) is 48.7 Å². The quantitative estimate of drug-likeness (QED) is 0.441. The van der Waals surface area contributed by atoms with Crippen molar-refractivity contribution in [2.24, 2.45) is 7.05 Å². The predicted octanol–water partition coefficient (Wildman–Crippen LogP) is 1.71. The summed E-state index contributed by atoms with van der Waals surface area (Å²) >= 11 is 1.40. The number of aromatic nitrogens is 3. The molecule has 0 N–H and O–H groups in total. The molecule has 1 aromatic carbocycles. The number of esters is 1. The first-order chi connectivity index (χ1) is 13.1. The Morgan fingerprint density at radius 1 is 1.33 bits per heavy atom. The number of amides is 1. The largest absolute Gasteiger partial charge is 0.497 e. The van der Waals surface area contributed by atoms with E-state index in [2.05, 4.69) is 10.3 Å². The molecule has 9 heteroatoms. The number of benzene rings is 1. The third-order valence-corrected chi connectivity index (χ3v) is 5.28. The maximum absolute atomic E-state index is 12.4. The number of aryl methyl sites for hydroxylation is 1. The fourth-order valence-electron chi connectivity index (χ4n) is 2.79. The number of hydrogen-bond acceptors (Lipinski definition) is 7. The minimum atomic E-state index is -0.521. The van der Waals surface area contributed by atoms with Crippen molar-refractivity contribution in [2.75, 3.05) is 7.11 Å². The second-order valence-corrected chi connectivity index (χ2v) is 6.96. The van der Waals surface area contributed by atoms with Gasteiger partial charge in [0, 0.05) is 12.5 Å². The van der Waals surface area contributed by atoms with Crippen molar-refractivity contribution in [1.29, 1.82) is 0 Å². The van der Waals surface area contributed by atoms with Crippen molar-refractivity contribution in [3.63, 3.8) is 0 Å². The number of carbonyl (C=O) groups excluding carboxylic acids is 2. The summed E-state index contributed by atoms with van der Waals surface area (Å²) in [5.41, 5.74) is 2.30. The fourth-order valence-corrected chi connectivity index (χ4v) is 3.91. The zero-order valence-corrected chi connectivity index (χ0v) is 15.5. The van der Waals surface area contributed by atoms with Crippen LogP contribution in [0.3, 0.4) is 0 Å². The highest BCUT2D eigenvalue weighted by Gasteiger charge is 2.49. The van der Waals surface area contributed by atoms with E-state index in [4.69, 9.17) is 9.47 Å². The molecule has 1 atom stereocenters. The molecule has 3 heterocycles. The number of rotatable bonds is 5. The first-order valence-corrected chi connectivity index (χ1v) is 9.08. The molecule has 4 rings (SSSR count). The molecule has 1 amide bonds. The molecule has 27 heavy (non-hydrogen) atoms. The lowest BCUT2D eigenvalue weighted by Crippen LogP contribution is -2.51. The van der Waals surface area contributed by atoms with E-state index in [1.165, 1.54) is 16.7 Å². The molecule has 1 fully saturated rings. The standard InChI is InChI=1S/C18H16N4O4S/c1-21-8-12(19-20-21)7-14-16(23)22-15(10-27-17(14)22)18(24)26-9-11-3-5-13(25-2)6-4-11/h3-8,10,17H,9H2,1-2H3/b14-7-. The van der Waals surface area contributed by atoms with Gasteiger partial charge in [-0.2, -0.15) is 0 Å². The number of nitrogens with zero attached hydrogens (tertiary/aromatic N) is 4. The summed E-state index contributed by atoms with van der Waals surface area (Å²) in [4.78, 5) is 26.3. The average Bonchev–Trinajstić information content (AvgIpc) is 3.28. The van der Waals surface area contributed by atoms with Crippen LogP contribution in [-0.2, 0) is 28.0 Å². The normalized spacial score (nSPS) is 19.6. The zero-order chi connectivity index (χ0) is 19.0. The van der Waals surface area contributed by atoms with Gasteiger partial charge in [0.15, 0.2) is 0 Å². The maximum Gasteiger partial charge on any atom is 0.355 e. The fraction of sp³-hybridized carbons (Fsp3) is 0.222. The Hall–Kier alpha value is -3.07. The summed E-state index contributed by atoms with van der Waals surface area (Å²) < 4.78 is 12.0. The number of hydrogen-bond donors (Lipinski definition) is 0. The van der Waals surface area contributed by atoms with Gasteiger partial charge in [0.2, 0.25) is 0 Å². The first-order valence-electron chi connectivity index (χ1n) is 8.14. The van der Waals surface area contributed by atoms with Crippen LogP contribution in [0.2, 0.25) is 0 Å². The van der Waals surface area contributed by atoms with Crippen molar-refractivity contribution in [3.05, 3.63) is 58.4 Å². The minimum Gasteiger partial charge on any atom is -0.497 e. The summed E-state index contributed by atoms with van der Waals surface area (Å²) in [7, 11) is 3.35. The van der Waals surface area contributed by atoms with Crippen molar-refractivity contribution < 1.29 is 19.1 Å². The number of carbonyl (C=O) groups is 2. The highest BCUT2D eigenvalue weighted by Crippen LogP contribution is 2.45. The molecule has 0 saturated carbocycles. The molecule has 8 nitrogen and oxygen atoms in total. The van der Waals surface area contributed by atoms with Crippen molar-refractivity contribution in [2.45, 2.75) is 12.0 Å². The Balaban J connectivity index is 1.39. The van der Waals surface area contributed by atoms with Gasteiger partial charge < -0.3 is 9.47 Å². The van der Waals surface area contributed by atoms with Gasteiger partial charge in [0.25, 0.3) is 5.91 Å². The van der Waals surface area contributed by atoms with Crippen molar-refractivity contribution >= 4 is 29.7 Å². The van der Waals surface area contributed by atoms with Crippen LogP contribution in [0.25, 0.3) is 6.08 Å². The number of β-lactam (4-membered cyclic amide) rings is 1. The summed E-state index contributed by atoms with van der Waals surface area (Å²) in [5, 5.41) is 9.24. The highest BCUT2D eigenvalue weighted by atomic mass is 32.2. The smallest absolute Gasteiger partial charge is 0.355 e. The summed E-state index contributed by atoms with van der Waals surface area (Å²) in [6, 6.07) is 7.24. The Kier molecular flexibility index (Phi) is 4.44. The lowest BCUT2D eigenvalue weighted by molar-refractivity contribution is -0.146. The molecule has 2 aromatic rings. The van der Waals surface area contributed by atoms with Gasteiger partial charge in [-0.15, -0.1) is 16.9 Å². The molecule has 2 aliphatic rings. The van der Waals surface area contributed by atoms with Gasteiger partial charge in [-0.05, 0) is 23.8 Å². The van der Waals surface area contributed by atoms with Gasteiger partial charge in [0.1, 0.15) is 29.1 Å². The molecule has 2 aliphatic heterocycles. The summed E-state index contributed by atoms with van der Waals surface area (Å²) in [6.07, 6.45) is 3.42. The van der Waals surface area contributed by atoms with E-state index < -0.39 is 5.97 Å². The van der Waals surface area contributed by atoms with Gasteiger partial charge in [-0.1, -0.05) is 17.3 Å². The molecule has 1 aromatic heterocycles. The lowest BCUT2D eigenvalue weighted by Gasteiger charge is -2.37. The van der Waals surface area contributed by atoms with Crippen LogP contribution in [0.5, 0.6) is 5.75 Å². The highest BCUT2D eigenvalue weighted by molar-refractivity contribution is 8.03. The predicted molar refractivity (Wildman–Crippen MR) is 98.1 cm³/mol. The SMILES string of the molecule is COc1ccc(COC(=O)C2=CSC3/C(=C\c4cn(C)nn4)C(=O)N23)cc1. The van der Waals surface area contributed by atoms with E-state index in [9.17, 15) is 9.59 Å². The molecule has 1 unspecified atom stereocenters. The van der Waals surface area contributed by atoms with Crippen LogP contribution < -0.4 is 4.74 Å². The van der Waals surface area contributed by atoms with Crippen molar-refractivity contribution in [1.82, 2.24) is 19.9 Å². The maximum atomic E-state index is 12.4. The van der Waals surface area contributed by atoms with Gasteiger partial charge in [0.05, 0.1) is 18.9 Å². The Labute approximate surface area is 159 Å². The third-order valence-electron chi connectivity index (χ3n) is 4.20. The second-order valence-electron chi connectivity index (χ2n) is 6.01. The number of methoxy groups -OCH3 is 1. The zero-order valence-electron chi connectivity index (χ0n) is 14.7. The molecule has 138 valence electrons. The van der Waals surface area contributed by atoms with Gasteiger partial charge in [-0.25, -0.2) is 4.79 Å². The molecule has 0 radical (unpaired) electrons. The van der Waals surface area contributed by atoms with E-state index in [-0.39, 0.29) is 23.6 Å². The second kappa shape index (κ2) is 6.92. The van der Waals surface area contributed by atoms with Gasteiger partial charge in [-0.3, -0.25) is 14.4 Å². The monoisotopic (exact) mass is 384 g/mol. The Morgan fingerprint density at radius 3 is 2.78 bits per heavy atom. The van der Waals surface area contributed by atoms with Crippen LogP contribution in [0, 0.1) is 0 Å². The van der Waals surface area contributed by atoms with Crippen LogP contribution in [0.1, 0.15) is 11.3 Å². The molecule has 1 saturated heterocycles. The molecular formula is C18H16N4O4S. The van der Waals surface area contributed by atoms with Gasteiger partial charge >= 0.3 is 5.97 Å². The van der Waals surface area contributed by atoms with E-state index in [0.717, 1.165) is 11.3 Å². The average molecular weight is 384 g/mol. The number of ether oxygens (including phenoxy) is 2. The number of fused-ring (bicyclic) bond motifs is 1. The lowest BCUT2D eigenvalue weighted by atomic mass is 10.0. The van der Waals surface area contributed by atoms with Crippen LogP contribution >= 0.6 is 11.8 Å². The Morgan fingerprint density at radius 2 is 2.11 bits per heavy atom. The summed E-state index contributed by atoms with van der Waals surface area (Å²) in [6.45, 7) is 0.125. The molecular weight excluding hydrogens is 368 g/mol. The Bertz CT molecular complexity index is 964. The van der Waals surface area contributed by atoms with Crippen molar-refractivity contribution in [3.8, 4) is 5.75 Å². The number of thioether (sulfide) groups is 1. The first kappa shape index (κ1) is 17.3. The summed E-state index contributed by atoms with van der Waals surface area (Å²) in [5.74, 6) is -0.00700. The van der Waals surface area contributed by atoms with E-state index >= 15 is 0 Å². The topological polar surface area (TPSA) is 86.5 Å². The third kappa shape index (κ3) is 3.21.